The Morgan fingerprint density at radius 3 is 2.20 bits per heavy atom. The van der Waals surface area contributed by atoms with Gasteiger partial charge in [-0.1, -0.05) is 36.4 Å². The van der Waals surface area contributed by atoms with Crippen LogP contribution in [0.4, 0.5) is 0 Å². The van der Waals surface area contributed by atoms with Crippen molar-refractivity contribution >= 4 is 28.0 Å². The van der Waals surface area contributed by atoms with E-state index in [1.807, 2.05) is 41.2 Å². The molecule has 0 bridgehead atoms. The Bertz CT molecular complexity index is 1120. The number of rotatable bonds is 8. The minimum atomic E-state index is 0.641. The predicted molar refractivity (Wildman–Crippen MR) is 124 cm³/mol. The smallest absolute Gasteiger partial charge is 0.161 e. The van der Waals surface area contributed by atoms with Gasteiger partial charge in [0, 0.05) is 17.3 Å². The van der Waals surface area contributed by atoms with Gasteiger partial charge in [0.2, 0.25) is 0 Å². The molecular formula is C25H27N3O2. The van der Waals surface area contributed by atoms with Crippen LogP contribution in [0, 0.1) is 0 Å². The third kappa shape index (κ3) is 4.16. The summed E-state index contributed by atoms with van der Waals surface area (Å²) in [5, 5.41) is 7.20. The van der Waals surface area contributed by atoms with E-state index in [0.717, 1.165) is 41.1 Å². The highest BCUT2D eigenvalue weighted by molar-refractivity contribution is 6.08. The number of methoxy groups -OCH3 is 1. The van der Waals surface area contributed by atoms with E-state index in [1.165, 1.54) is 10.8 Å². The highest BCUT2D eigenvalue weighted by Crippen LogP contribution is 2.30. The quantitative estimate of drug-likeness (QED) is 0.308. The van der Waals surface area contributed by atoms with Gasteiger partial charge in [0.15, 0.2) is 11.5 Å². The Labute approximate surface area is 177 Å². The van der Waals surface area contributed by atoms with E-state index in [-0.39, 0.29) is 0 Å². The second-order valence-corrected chi connectivity index (χ2v) is 7.51. The first-order valence-corrected chi connectivity index (χ1v) is 10.2. The van der Waals surface area contributed by atoms with Gasteiger partial charge in [-0.3, -0.25) is 0 Å². The van der Waals surface area contributed by atoms with Gasteiger partial charge in [-0.2, -0.15) is 5.10 Å². The van der Waals surface area contributed by atoms with Crippen molar-refractivity contribution in [3.8, 4) is 11.5 Å². The van der Waals surface area contributed by atoms with Crippen LogP contribution in [0.25, 0.3) is 21.8 Å². The van der Waals surface area contributed by atoms with Crippen LogP contribution in [-0.2, 0) is 0 Å². The fourth-order valence-electron chi connectivity index (χ4n) is 3.60. The first-order valence-electron chi connectivity index (χ1n) is 10.2. The molecule has 0 N–H and O–H groups in total. The first-order chi connectivity index (χ1) is 14.7. The largest absolute Gasteiger partial charge is 0.493 e. The monoisotopic (exact) mass is 401 g/mol. The number of fused-ring (bicyclic) bond motifs is 3. The van der Waals surface area contributed by atoms with E-state index in [1.54, 1.807) is 7.11 Å². The lowest BCUT2D eigenvalue weighted by atomic mass is 10.2. The van der Waals surface area contributed by atoms with E-state index in [9.17, 15) is 0 Å². The van der Waals surface area contributed by atoms with Crippen LogP contribution in [0.1, 0.15) is 12.0 Å². The molecule has 5 heteroatoms. The van der Waals surface area contributed by atoms with Crippen LogP contribution in [0.15, 0.2) is 71.8 Å². The number of nitrogens with zero attached hydrogens (tertiary/aromatic N) is 3. The molecule has 0 unspecified atom stereocenters. The van der Waals surface area contributed by atoms with Gasteiger partial charge in [0.25, 0.3) is 0 Å². The molecule has 5 nitrogen and oxygen atoms in total. The van der Waals surface area contributed by atoms with Gasteiger partial charge >= 0.3 is 0 Å². The molecule has 0 saturated heterocycles. The third-order valence-electron chi connectivity index (χ3n) is 5.07. The van der Waals surface area contributed by atoms with Gasteiger partial charge in [0.1, 0.15) is 0 Å². The second-order valence-electron chi connectivity index (χ2n) is 7.51. The second kappa shape index (κ2) is 9.01. The molecule has 3 aromatic carbocycles. The molecule has 4 rings (SSSR count). The molecular weight excluding hydrogens is 374 g/mol. The van der Waals surface area contributed by atoms with E-state index >= 15 is 0 Å². The Hall–Kier alpha value is -3.31. The first kappa shape index (κ1) is 20.0. The molecule has 0 fully saturated rings. The predicted octanol–water partition coefficient (Wildman–Crippen LogP) is 5.02. The summed E-state index contributed by atoms with van der Waals surface area (Å²) < 4.78 is 13.4. The van der Waals surface area contributed by atoms with Crippen molar-refractivity contribution in [3.63, 3.8) is 0 Å². The van der Waals surface area contributed by atoms with Crippen LogP contribution in [0.5, 0.6) is 11.5 Å². The normalized spacial score (nSPS) is 11.7. The Kier molecular flexibility index (Phi) is 6.00. The van der Waals surface area contributed by atoms with Crippen LogP contribution >= 0.6 is 0 Å². The van der Waals surface area contributed by atoms with E-state index in [0.29, 0.717) is 6.61 Å². The van der Waals surface area contributed by atoms with Crippen molar-refractivity contribution in [2.45, 2.75) is 6.42 Å². The third-order valence-corrected chi connectivity index (χ3v) is 5.07. The van der Waals surface area contributed by atoms with Crippen molar-refractivity contribution in [2.24, 2.45) is 5.10 Å². The number of hydrogen-bond donors (Lipinski definition) is 0. The standard InChI is InChI=1S/C25H27N3O2/c1-27(2)15-8-16-30-25-17-19(13-14-24(25)29-3)18-26-28-22-11-6-4-9-20(22)21-10-5-7-12-23(21)28/h4-7,9-14,17-18H,8,15-16H2,1-3H3. The van der Waals surface area contributed by atoms with Gasteiger partial charge in [-0.05, 0) is 56.4 Å². The minimum Gasteiger partial charge on any atom is -0.493 e. The summed E-state index contributed by atoms with van der Waals surface area (Å²) in [5.74, 6) is 1.47. The zero-order chi connectivity index (χ0) is 20.9. The minimum absolute atomic E-state index is 0.641. The summed E-state index contributed by atoms with van der Waals surface area (Å²) in [6.07, 6.45) is 2.82. The highest BCUT2D eigenvalue weighted by Gasteiger charge is 2.09. The topological polar surface area (TPSA) is 39.0 Å². The van der Waals surface area contributed by atoms with Crippen molar-refractivity contribution < 1.29 is 9.47 Å². The van der Waals surface area contributed by atoms with E-state index in [2.05, 4.69) is 55.4 Å². The molecule has 0 spiro atoms. The summed E-state index contributed by atoms with van der Waals surface area (Å²) in [5.41, 5.74) is 3.13. The number of aromatic nitrogens is 1. The van der Waals surface area contributed by atoms with E-state index < -0.39 is 0 Å². The maximum Gasteiger partial charge on any atom is 0.161 e. The fourth-order valence-corrected chi connectivity index (χ4v) is 3.60. The van der Waals surface area contributed by atoms with Gasteiger partial charge in [-0.15, -0.1) is 0 Å². The molecule has 0 atom stereocenters. The summed E-state index contributed by atoms with van der Waals surface area (Å²) >= 11 is 0. The SMILES string of the molecule is COc1ccc(C=Nn2c3ccccc3c3ccccc32)cc1OCCCN(C)C. The molecule has 0 aliphatic rings. The van der Waals surface area contributed by atoms with Gasteiger partial charge < -0.3 is 14.4 Å². The van der Waals surface area contributed by atoms with Gasteiger partial charge in [-0.25, -0.2) is 4.68 Å². The average molecular weight is 402 g/mol. The van der Waals surface area contributed by atoms with Crippen molar-refractivity contribution in [3.05, 3.63) is 72.3 Å². The van der Waals surface area contributed by atoms with Gasteiger partial charge in [0.05, 0.1) is 31.0 Å². The number of hydrogen-bond acceptors (Lipinski definition) is 4. The Morgan fingerprint density at radius 1 is 0.900 bits per heavy atom. The molecule has 0 radical (unpaired) electrons. The lowest BCUT2D eigenvalue weighted by Crippen LogP contribution is -2.15. The molecule has 0 saturated carbocycles. The molecule has 0 amide bonds. The van der Waals surface area contributed by atoms with Crippen molar-refractivity contribution in [1.29, 1.82) is 0 Å². The number of ether oxygens (including phenoxy) is 2. The summed E-state index contributed by atoms with van der Waals surface area (Å²) in [7, 11) is 5.78. The zero-order valence-corrected chi connectivity index (χ0v) is 17.7. The average Bonchev–Trinajstić information content (AvgIpc) is 3.09. The van der Waals surface area contributed by atoms with Crippen LogP contribution in [-0.4, -0.2) is 50.1 Å². The van der Waals surface area contributed by atoms with Crippen molar-refractivity contribution in [2.75, 3.05) is 34.4 Å². The number of para-hydroxylation sites is 2. The molecule has 4 aromatic rings. The van der Waals surface area contributed by atoms with E-state index in [4.69, 9.17) is 14.6 Å². The zero-order valence-electron chi connectivity index (χ0n) is 17.7. The Balaban J connectivity index is 1.63. The Morgan fingerprint density at radius 2 is 1.57 bits per heavy atom. The molecule has 0 aliphatic heterocycles. The van der Waals surface area contributed by atoms with Crippen LogP contribution in [0.2, 0.25) is 0 Å². The molecule has 1 heterocycles. The maximum atomic E-state index is 5.98. The molecule has 1 aromatic heterocycles. The molecule has 30 heavy (non-hydrogen) atoms. The summed E-state index contributed by atoms with van der Waals surface area (Å²) in [4.78, 5) is 2.15. The molecule has 0 aliphatic carbocycles. The molecule has 154 valence electrons. The van der Waals surface area contributed by atoms with Crippen molar-refractivity contribution in [1.82, 2.24) is 9.58 Å². The number of benzene rings is 3. The maximum absolute atomic E-state index is 5.98. The highest BCUT2D eigenvalue weighted by atomic mass is 16.5. The van der Waals surface area contributed by atoms with Crippen LogP contribution < -0.4 is 9.47 Å². The fraction of sp³-hybridized carbons (Fsp3) is 0.240. The lowest BCUT2D eigenvalue weighted by molar-refractivity contribution is 0.268. The lowest BCUT2D eigenvalue weighted by Gasteiger charge is -2.13. The summed E-state index contributed by atoms with van der Waals surface area (Å²) in [6, 6.07) is 22.6. The summed E-state index contributed by atoms with van der Waals surface area (Å²) in [6.45, 7) is 1.62. The van der Waals surface area contributed by atoms with Crippen LogP contribution in [0.3, 0.4) is 0 Å².